The number of halogens is 2. The topological polar surface area (TPSA) is 50.4 Å². The van der Waals surface area contributed by atoms with Crippen LogP contribution < -0.4 is 10.6 Å². The summed E-state index contributed by atoms with van der Waals surface area (Å²) in [6, 6.07) is 4.13. The Kier molecular flexibility index (Phi) is 3.32. The number of hydrogen-bond acceptors (Lipinski definition) is 3. The highest BCUT2D eigenvalue weighted by molar-refractivity contribution is 6.32. The fourth-order valence-electron chi connectivity index (χ4n) is 3.28. The van der Waals surface area contributed by atoms with Crippen LogP contribution in [0.25, 0.3) is 5.57 Å². The van der Waals surface area contributed by atoms with Crippen LogP contribution in [0.2, 0.25) is 0 Å². The molecule has 128 valence electrons. The van der Waals surface area contributed by atoms with Gasteiger partial charge in [0, 0.05) is 11.1 Å². The molecule has 3 aliphatic rings. The zero-order valence-corrected chi connectivity index (χ0v) is 13.7. The van der Waals surface area contributed by atoms with Crippen LogP contribution in [0.3, 0.4) is 0 Å². The predicted octanol–water partition coefficient (Wildman–Crippen LogP) is 3.56. The van der Waals surface area contributed by atoms with Gasteiger partial charge in [0.25, 0.3) is 5.91 Å². The predicted molar refractivity (Wildman–Crippen MR) is 90.5 cm³/mol. The first-order chi connectivity index (χ1) is 11.8. The lowest BCUT2D eigenvalue weighted by molar-refractivity contribution is -0.111. The molecule has 0 saturated heterocycles. The Morgan fingerprint density at radius 3 is 2.84 bits per heavy atom. The SMILES string of the molecule is CC1(C)O/C(=C2/C(=O)Nc3cc(F)ccc32)C=C1C1=CC(F)NC=C1. The van der Waals surface area contributed by atoms with E-state index in [1.54, 1.807) is 24.4 Å². The van der Waals surface area contributed by atoms with Crippen LogP contribution in [-0.2, 0) is 9.53 Å². The van der Waals surface area contributed by atoms with Crippen molar-refractivity contribution in [2.45, 2.75) is 25.7 Å². The smallest absolute Gasteiger partial charge is 0.260 e. The molecule has 0 radical (unpaired) electrons. The number of carbonyl (C=O) groups is 1. The van der Waals surface area contributed by atoms with Crippen molar-refractivity contribution < 1.29 is 18.3 Å². The number of fused-ring (bicyclic) bond motifs is 1. The number of amides is 1. The summed E-state index contributed by atoms with van der Waals surface area (Å²) in [4.78, 5) is 12.4. The maximum Gasteiger partial charge on any atom is 0.260 e. The molecule has 0 aromatic heterocycles. The molecule has 0 spiro atoms. The number of dihydropyridines is 1. The van der Waals surface area contributed by atoms with Gasteiger partial charge >= 0.3 is 0 Å². The van der Waals surface area contributed by atoms with Crippen molar-refractivity contribution in [1.29, 1.82) is 0 Å². The van der Waals surface area contributed by atoms with Crippen molar-refractivity contribution in [3.63, 3.8) is 0 Å². The first-order valence-electron chi connectivity index (χ1n) is 7.91. The normalized spacial score (nSPS) is 26.4. The Labute approximate surface area is 143 Å². The van der Waals surface area contributed by atoms with Crippen LogP contribution in [-0.4, -0.2) is 17.8 Å². The van der Waals surface area contributed by atoms with Gasteiger partial charge in [0.1, 0.15) is 17.2 Å². The molecule has 1 atom stereocenters. The third-order valence-corrected chi connectivity index (χ3v) is 4.42. The van der Waals surface area contributed by atoms with Gasteiger partial charge in [-0.1, -0.05) is 0 Å². The lowest BCUT2D eigenvalue weighted by Gasteiger charge is -2.25. The number of benzene rings is 1. The van der Waals surface area contributed by atoms with Gasteiger partial charge in [-0.2, -0.15) is 0 Å². The van der Waals surface area contributed by atoms with Gasteiger partial charge in [0.05, 0.1) is 11.3 Å². The minimum atomic E-state index is -1.27. The first-order valence-corrected chi connectivity index (χ1v) is 7.91. The Bertz CT molecular complexity index is 910. The summed E-state index contributed by atoms with van der Waals surface area (Å²) in [7, 11) is 0. The second-order valence-corrected chi connectivity index (χ2v) is 6.58. The van der Waals surface area contributed by atoms with E-state index in [1.165, 1.54) is 18.2 Å². The van der Waals surface area contributed by atoms with Gasteiger partial charge in [-0.25, -0.2) is 8.78 Å². The molecule has 3 heterocycles. The van der Waals surface area contributed by atoms with Gasteiger partial charge in [-0.05, 0) is 62.0 Å². The standard InChI is InChI=1S/C19H16F2N2O2/c1-19(2)13(10-5-6-22-16(21)7-10)9-15(25-19)17-12-4-3-11(20)8-14(12)23-18(17)24/h3-9,16,22H,1-2H3,(H,23,24)/b17-15+. The van der Waals surface area contributed by atoms with Gasteiger partial charge < -0.3 is 15.4 Å². The monoisotopic (exact) mass is 342 g/mol. The molecule has 1 aromatic rings. The van der Waals surface area contributed by atoms with E-state index >= 15 is 0 Å². The number of allylic oxidation sites excluding steroid dienone is 2. The largest absolute Gasteiger partial charge is 0.482 e. The number of alkyl halides is 1. The molecule has 4 rings (SSSR count). The second-order valence-electron chi connectivity index (χ2n) is 6.58. The van der Waals surface area contributed by atoms with Gasteiger partial charge in [-0.3, -0.25) is 4.79 Å². The van der Waals surface area contributed by atoms with Gasteiger partial charge in [0.2, 0.25) is 0 Å². The molecule has 0 fully saturated rings. The van der Waals surface area contributed by atoms with Crippen molar-refractivity contribution in [1.82, 2.24) is 5.32 Å². The highest BCUT2D eigenvalue weighted by Crippen LogP contribution is 2.43. The van der Waals surface area contributed by atoms with E-state index in [9.17, 15) is 13.6 Å². The van der Waals surface area contributed by atoms with Crippen molar-refractivity contribution in [3.05, 3.63) is 70.9 Å². The fraction of sp³-hybridized carbons (Fsp3) is 0.211. The summed E-state index contributed by atoms with van der Waals surface area (Å²) in [6.07, 6.45) is 5.25. The van der Waals surface area contributed by atoms with Crippen LogP contribution in [0.15, 0.2) is 59.5 Å². The van der Waals surface area contributed by atoms with E-state index < -0.39 is 17.7 Å². The molecule has 6 heteroatoms. The van der Waals surface area contributed by atoms with Crippen LogP contribution in [0, 0.1) is 5.82 Å². The Balaban J connectivity index is 1.84. The average molecular weight is 342 g/mol. The number of hydrogen-bond donors (Lipinski definition) is 2. The Morgan fingerprint density at radius 1 is 1.28 bits per heavy atom. The Hall–Kier alpha value is -2.89. The molecule has 1 aromatic carbocycles. The summed E-state index contributed by atoms with van der Waals surface area (Å²) >= 11 is 0. The van der Waals surface area contributed by atoms with E-state index in [2.05, 4.69) is 10.6 Å². The molecule has 25 heavy (non-hydrogen) atoms. The number of anilines is 1. The third-order valence-electron chi connectivity index (χ3n) is 4.42. The van der Waals surface area contributed by atoms with Crippen molar-refractivity contribution in [2.24, 2.45) is 0 Å². The van der Waals surface area contributed by atoms with Crippen LogP contribution >= 0.6 is 0 Å². The minimum absolute atomic E-state index is 0.345. The van der Waals surface area contributed by atoms with E-state index in [1.807, 2.05) is 13.8 Å². The Morgan fingerprint density at radius 2 is 2.08 bits per heavy atom. The lowest BCUT2D eigenvalue weighted by Crippen LogP contribution is -2.26. The summed E-state index contributed by atoms with van der Waals surface area (Å²) in [5.74, 6) is -0.374. The minimum Gasteiger partial charge on any atom is -0.482 e. The van der Waals surface area contributed by atoms with E-state index in [4.69, 9.17) is 4.74 Å². The van der Waals surface area contributed by atoms with Crippen LogP contribution in [0.5, 0.6) is 0 Å². The average Bonchev–Trinajstić information content (AvgIpc) is 3.02. The molecule has 0 bridgehead atoms. The number of rotatable bonds is 1. The third kappa shape index (κ3) is 2.54. The van der Waals surface area contributed by atoms with E-state index in [0.29, 0.717) is 28.2 Å². The molecular weight excluding hydrogens is 326 g/mol. The quantitative estimate of drug-likeness (QED) is 0.606. The van der Waals surface area contributed by atoms with Gasteiger partial charge in [0.15, 0.2) is 6.30 Å². The maximum absolute atomic E-state index is 13.6. The highest BCUT2D eigenvalue weighted by Gasteiger charge is 2.38. The zero-order chi connectivity index (χ0) is 17.8. The van der Waals surface area contributed by atoms with Crippen molar-refractivity contribution in [3.8, 4) is 0 Å². The zero-order valence-electron chi connectivity index (χ0n) is 13.7. The summed E-state index contributed by atoms with van der Waals surface area (Å²) < 4.78 is 33.0. The number of carbonyl (C=O) groups excluding carboxylic acids is 1. The molecule has 1 amide bonds. The molecule has 0 saturated carbocycles. The first kappa shape index (κ1) is 15.6. The summed E-state index contributed by atoms with van der Waals surface area (Å²) in [5.41, 5.74) is 2.11. The fourth-order valence-corrected chi connectivity index (χ4v) is 3.28. The van der Waals surface area contributed by atoms with Crippen LogP contribution in [0.1, 0.15) is 19.4 Å². The molecule has 0 aliphatic carbocycles. The van der Waals surface area contributed by atoms with E-state index in [-0.39, 0.29) is 5.91 Å². The van der Waals surface area contributed by atoms with E-state index in [0.717, 1.165) is 5.57 Å². The molecule has 1 unspecified atom stereocenters. The second kappa shape index (κ2) is 5.31. The molecular formula is C19H16F2N2O2. The molecule has 3 aliphatic heterocycles. The molecule has 2 N–H and O–H groups in total. The van der Waals surface area contributed by atoms with Crippen LogP contribution in [0.4, 0.5) is 14.5 Å². The summed E-state index contributed by atoms with van der Waals surface area (Å²) in [5, 5.41) is 5.20. The number of ether oxygens (including phenoxy) is 1. The molecule has 4 nitrogen and oxygen atoms in total. The highest BCUT2D eigenvalue weighted by atomic mass is 19.1. The lowest BCUT2D eigenvalue weighted by atomic mass is 9.91. The van der Waals surface area contributed by atoms with Crippen molar-refractivity contribution >= 4 is 17.2 Å². The summed E-state index contributed by atoms with van der Waals surface area (Å²) in [6.45, 7) is 3.71. The maximum atomic E-state index is 13.6. The number of nitrogens with one attached hydrogen (secondary N) is 2. The van der Waals surface area contributed by atoms with Gasteiger partial charge in [-0.15, -0.1) is 0 Å². The van der Waals surface area contributed by atoms with Crippen molar-refractivity contribution in [2.75, 3.05) is 5.32 Å².